The van der Waals surface area contributed by atoms with Crippen LogP contribution in [-0.2, 0) is 0 Å². The van der Waals surface area contributed by atoms with Crippen LogP contribution in [0, 0.1) is 10.1 Å². The molecule has 1 aromatic heterocycles. The van der Waals surface area contributed by atoms with Crippen molar-refractivity contribution < 1.29 is 9.72 Å². The smallest absolute Gasteiger partial charge is 0.319 e. The van der Waals surface area contributed by atoms with Gasteiger partial charge in [-0.2, -0.15) is 0 Å². The quantitative estimate of drug-likeness (QED) is 0.628. The number of likely N-dealkylation sites (N-methyl/N-ethyl adjacent to an activating group) is 1. The van der Waals surface area contributed by atoms with E-state index in [1.165, 1.54) is 18.2 Å². The fourth-order valence-electron chi connectivity index (χ4n) is 2.08. The van der Waals surface area contributed by atoms with Crippen LogP contribution in [0.5, 0.6) is 0 Å². The maximum absolute atomic E-state index is 12.0. The summed E-state index contributed by atoms with van der Waals surface area (Å²) in [5, 5.41) is 18.1. The summed E-state index contributed by atoms with van der Waals surface area (Å²) >= 11 is 1.63. The molecule has 8 heteroatoms. The maximum atomic E-state index is 12.0. The number of thiophene rings is 1. The number of non-ortho nitro benzene ring substituents is 1. The molecule has 0 aliphatic rings. The van der Waals surface area contributed by atoms with E-state index in [9.17, 15) is 14.9 Å². The molecule has 2 rings (SSSR count). The lowest BCUT2D eigenvalue weighted by atomic mass is 10.2. The Labute approximate surface area is 138 Å². The minimum atomic E-state index is -0.498. The molecule has 0 saturated carbocycles. The van der Waals surface area contributed by atoms with E-state index < -0.39 is 11.0 Å². The molecule has 0 aliphatic carbocycles. The van der Waals surface area contributed by atoms with Gasteiger partial charge in [0.05, 0.1) is 11.0 Å². The fourth-order valence-corrected chi connectivity index (χ4v) is 3.00. The number of carbonyl (C=O) groups is 1. The number of anilines is 1. The summed E-state index contributed by atoms with van der Waals surface area (Å²) in [7, 11) is 3.90. The Hall–Kier alpha value is -2.45. The van der Waals surface area contributed by atoms with Crippen molar-refractivity contribution in [2.24, 2.45) is 0 Å². The molecule has 1 aromatic carbocycles. The molecule has 0 saturated heterocycles. The van der Waals surface area contributed by atoms with E-state index >= 15 is 0 Å². The van der Waals surface area contributed by atoms with Gasteiger partial charge in [0.25, 0.3) is 5.69 Å². The Bertz CT molecular complexity index is 673. The van der Waals surface area contributed by atoms with Gasteiger partial charge in [-0.3, -0.25) is 10.1 Å². The first kappa shape index (κ1) is 16.9. The van der Waals surface area contributed by atoms with Gasteiger partial charge >= 0.3 is 6.03 Å². The summed E-state index contributed by atoms with van der Waals surface area (Å²) in [6, 6.07) is 9.51. The van der Waals surface area contributed by atoms with Gasteiger partial charge in [-0.25, -0.2) is 4.79 Å². The highest BCUT2D eigenvalue weighted by molar-refractivity contribution is 7.10. The van der Waals surface area contributed by atoms with E-state index in [1.54, 1.807) is 17.4 Å². The molecule has 0 spiro atoms. The van der Waals surface area contributed by atoms with Gasteiger partial charge in [-0.05, 0) is 31.6 Å². The average molecular weight is 334 g/mol. The van der Waals surface area contributed by atoms with Crippen molar-refractivity contribution in [3.63, 3.8) is 0 Å². The second-order valence-corrected chi connectivity index (χ2v) is 6.12. The topological polar surface area (TPSA) is 87.5 Å². The van der Waals surface area contributed by atoms with Gasteiger partial charge in [-0.15, -0.1) is 11.3 Å². The standard InChI is InChI=1S/C15H18N4O3S/c1-18(2)13(14-7-4-8-23-14)10-16-15(20)17-11-5-3-6-12(9-11)19(21)22/h3-9,13H,10H2,1-2H3,(H2,16,17,20). The second-order valence-electron chi connectivity index (χ2n) is 5.14. The van der Waals surface area contributed by atoms with Gasteiger partial charge < -0.3 is 15.5 Å². The summed E-state index contributed by atoms with van der Waals surface area (Å²) < 4.78 is 0. The summed E-state index contributed by atoms with van der Waals surface area (Å²) in [5.41, 5.74) is 0.321. The first-order chi connectivity index (χ1) is 11.0. The SMILES string of the molecule is CN(C)C(CNC(=O)Nc1cccc([N+](=O)[O-])c1)c1cccs1. The van der Waals surface area contributed by atoms with Crippen LogP contribution < -0.4 is 10.6 Å². The molecule has 0 radical (unpaired) electrons. The number of nitro groups is 1. The van der Waals surface area contributed by atoms with Gasteiger partial charge in [0, 0.05) is 29.2 Å². The number of amides is 2. The van der Waals surface area contributed by atoms with E-state index in [1.807, 2.05) is 36.5 Å². The molecular formula is C15H18N4O3S. The third-order valence-electron chi connectivity index (χ3n) is 3.27. The van der Waals surface area contributed by atoms with Gasteiger partial charge in [0.2, 0.25) is 0 Å². The number of nitrogens with zero attached hydrogens (tertiary/aromatic N) is 2. The number of benzene rings is 1. The van der Waals surface area contributed by atoms with Gasteiger partial charge in [0.1, 0.15) is 0 Å². The molecule has 1 heterocycles. The summed E-state index contributed by atoms with van der Waals surface area (Å²) in [4.78, 5) is 25.4. The predicted octanol–water partition coefficient (Wildman–Crippen LogP) is 3.08. The van der Waals surface area contributed by atoms with Crippen LogP contribution >= 0.6 is 11.3 Å². The second kappa shape index (κ2) is 7.70. The molecule has 0 bridgehead atoms. The normalized spacial score (nSPS) is 12.0. The molecule has 2 amide bonds. The van der Waals surface area contributed by atoms with Crippen molar-refractivity contribution in [2.75, 3.05) is 26.0 Å². The zero-order valence-electron chi connectivity index (χ0n) is 12.9. The van der Waals surface area contributed by atoms with Crippen LogP contribution in [0.3, 0.4) is 0 Å². The number of nitrogens with one attached hydrogen (secondary N) is 2. The van der Waals surface area contributed by atoms with Crippen LogP contribution in [0.1, 0.15) is 10.9 Å². The molecule has 0 aliphatic heterocycles. The van der Waals surface area contributed by atoms with Crippen LogP contribution in [0.4, 0.5) is 16.2 Å². The molecule has 1 unspecified atom stereocenters. The van der Waals surface area contributed by atoms with Crippen molar-refractivity contribution >= 4 is 28.7 Å². The lowest BCUT2D eigenvalue weighted by molar-refractivity contribution is -0.384. The molecule has 2 aromatic rings. The highest BCUT2D eigenvalue weighted by atomic mass is 32.1. The predicted molar refractivity (Wildman–Crippen MR) is 90.9 cm³/mol. The van der Waals surface area contributed by atoms with E-state index in [0.717, 1.165) is 4.88 Å². The lowest BCUT2D eigenvalue weighted by Gasteiger charge is -2.23. The Morgan fingerprint density at radius 3 is 2.74 bits per heavy atom. The van der Waals surface area contributed by atoms with Crippen molar-refractivity contribution in [3.8, 4) is 0 Å². The molecular weight excluding hydrogens is 316 g/mol. The number of carbonyl (C=O) groups excluding carboxylic acids is 1. The van der Waals surface area contributed by atoms with Crippen LogP contribution in [0.15, 0.2) is 41.8 Å². The molecule has 2 N–H and O–H groups in total. The Balaban J connectivity index is 1.94. The van der Waals surface area contributed by atoms with E-state index in [0.29, 0.717) is 12.2 Å². The minimum Gasteiger partial charge on any atom is -0.336 e. The number of rotatable bonds is 6. The monoisotopic (exact) mass is 334 g/mol. The van der Waals surface area contributed by atoms with E-state index in [-0.39, 0.29) is 11.7 Å². The number of hydrogen-bond donors (Lipinski definition) is 2. The number of nitro benzene ring substituents is 1. The first-order valence-corrected chi connectivity index (χ1v) is 7.84. The molecule has 7 nitrogen and oxygen atoms in total. The van der Waals surface area contributed by atoms with Gasteiger partial charge in [-0.1, -0.05) is 12.1 Å². The molecule has 122 valence electrons. The summed E-state index contributed by atoms with van der Waals surface area (Å²) in [6.07, 6.45) is 0. The summed E-state index contributed by atoms with van der Waals surface area (Å²) in [5.74, 6) is 0. The van der Waals surface area contributed by atoms with Crippen molar-refractivity contribution in [2.45, 2.75) is 6.04 Å². The average Bonchev–Trinajstić information content (AvgIpc) is 3.01. The van der Waals surface area contributed by atoms with Crippen LogP contribution in [-0.4, -0.2) is 36.5 Å². The number of hydrogen-bond acceptors (Lipinski definition) is 5. The molecule has 23 heavy (non-hydrogen) atoms. The Morgan fingerprint density at radius 2 is 2.13 bits per heavy atom. The highest BCUT2D eigenvalue weighted by Crippen LogP contribution is 2.22. The third-order valence-corrected chi connectivity index (χ3v) is 4.24. The maximum Gasteiger partial charge on any atom is 0.319 e. The minimum absolute atomic E-state index is 0.0625. The Morgan fingerprint density at radius 1 is 1.35 bits per heavy atom. The fraction of sp³-hybridized carbons (Fsp3) is 0.267. The lowest BCUT2D eigenvalue weighted by Crippen LogP contribution is -2.36. The largest absolute Gasteiger partial charge is 0.336 e. The van der Waals surface area contributed by atoms with Gasteiger partial charge in [0.15, 0.2) is 0 Å². The van der Waals surface area contributed by atoms with Crippen LogP contribution in [0.25, 0.3) is 0 Å². The van der Waals surface area contributed by atoms with E-state index in [4.69, 9.17) is 0 Å². The van der Waals surface area contributed by atoms with Crippen molar-refractivity contribution in [3.05, 3.63) is 56.8 Å². The van der Waals surface area contributed by atoms with Crippen molar-refractivity contribution in [1.82, 2.24) is 10.2 Å². The van der Waals surface area contributed by atoms with Crippen molar-refractivity contribution in [1.29, 1.82) is 0 Å². The summed E-state index contributed by atoms with van der Waals surface area (Å²) in [6.45, 7) is 0.439. The highest BCUT2D eigenvalue weighted by Gasteiger charge is 2.16. The molecule has 0 fully saturated rings. The van der Waals surface area contributed by atoms with E-state index in [2.05, 4.69) is 10.6 Å². The zero-order chi connectivity index (χ0) is 16.8. The van der Waals surface area contributed by atoms with Crippen LogP contribution in [0.2, 0.25) is 0 Å². The first-order valence-electron chi connectivity index (χ1n) is 6.96. The number of urea groups is 1. The zero-order valence-corrected chi connectivity index (χ0v) is 13.7. The Kier molecular flexibility index (Phi) is 5.67. The third kappa shape index (κ3) is 4.76. The molecule has 1 atom stereocenters.